The first-order valence-corrected chi connectivity index (χ1v) is 14.0. The molecule has 0 bridgehead atoms. The number of pyridine rings is 2. The average molecular weight is 559 g/mol. The summed E-state index contributed by atoms with van der Waals surface area (Å²) in [4.78, 5) is 22.2. The molecular weight excluding hydrogens is 536 g/mol. The fourth-order valence-electron chi connectivity index (χ4n) is 3.30. The summed E-state index contributed by atoms with van der Waals surface area (Å²) in [7, 11) is 0.611. The zero-order valence-electron chi connectivity index (χ0n) is 20.4. The number of hydrogen-bond donors (Lipinski definition) is 1. The van der Waals surface area contributed by atoms with E-state index in [0.29, 0.717) is 38.1 Å². The van der Waals surface area contributed by atoms with Crippen LogP contribution >= 0.6 is 22.9 Å². The summed E-state index contributed by atoms with van der Waals surface area (Å²) in [5.41, 5.74) is 2.94. The maximum atomic E-state index is 13.2. The molecule has 37 heavy (non-hydrogen) atoms. The topological polar surface area (TPSA) is 129 Å². The van der Waals surface area contributed by atoms with Crippen molar-refractivity contribution in [3.63, 3.8) is 0 Å². The number of carbonyl (C=O) groups excluding carboxylic acids is 1. The van der Waals surface area contributed by atoms with Crippen molar-refractivity contribution in [1.82, 2.24) is 20.2 Å². The van der Waals surface area contributed by atoms with Crippen LogP contribution in [0.2, 0.25) is 5.02 Å². The molecule has 3 heterocycles. The number of anilines is 1. The Balaban J connectivity index is 1.48. The number of methoxy groups -OCH3 is 1. The monoisotopic (exact) mass is 558 g/mol. The summed E-state index contributed by atoms with van der Waals surface area (Å²) in [6.07, 6.45) is 4.56. The fourth-order valence-corrected chi connectivity index (χ4v) is 4.84. The number of aromatic nitrogens is 4. The van der Waals surface area contributed by atoms with E-state index in [2.05, 4.69) is 29.8 Å². The van der Waals surface area contributed by atoms with Crippen LogP contribution in [0.15, 0.2) is 58.1 Å². The van der Waals surface area contributed by atoms with E-state index >= 15 is 0 Å². The van der Waals surface area contributed by atoms with Gasteiger partial charge in [0.25, 0.3) is 11.1 Å². The number of aryl methyl sites for hydroxylation is 1. The van der Waals surface area contributed by atoms with E-state index in [1.807, 2.05) is 6.92 Å². The molecule has 0 aliphatic heterocycles. The van der Waals surface area contributed by atoms with E-state index in [9.17, 15) is 9.00 Å². The third-order valence-electron chi connectivity index (χ3n) is 5.29. The summed E-state index contributed by atoms with van der Waals surface area (Å²) < 4.78 is 27.3. The van der Waals surface area contributed by atoms with Crippen LogP contribution in [-0.2, 0) is 16.3 Å². The molecule has 4 aromatic rings. The van der Waals surface area contributed by atoms with E-state index < -0.39 is 15.6 Å². The molecule has 0 saturated heterocycles. The number of nitrogens with one attached hydrogen (secondary N) is 1. The highest BCUT2D eigenvalue weighted by atomic mass is 35.5. The Morgan fingerprint density at radius 2 is 1.95 bits per heavy atom. The Morgan fingerprint density at radius 3 is 2.65 bits per heavy atom. The summed E-state index contributed by atoms with van der Waals surface area (Å²) in [5, 5.41) is 11.7. The quantitative estimate of drug-likeness (QED) is 0.324. The molecule has 0 radical (unpaired) electrons. The highest BCUT2D eigenvalue weighted by Crippen LogP contribution is 2.35. The maximum Gasteiger partial charge on any atom is 0.296 e. The molecule has 1 amide bonds. The largest absolute Gasteiger partial charge is 0.496 e. The number of hydrogen-bond acceptors (Lipinski definition) is 10. The fraction of sp³-hybridized carbons (Fsp3) is 0.208. The smallest absolute Gasteiger partial charge is 0.296 e. The van der Waals surface area contributed by atoms with Crippen LogP contribution in [0.5, 0.6) is 10.9 Å². The number of benzene rings is 1. The molecule has 1 N–H and O–H groups in total. The van der Waals surface area contributed by atoms with Crippen molar-refractivity contribution in [2.45, 2.75) is 18.4 Å². The van der Waals surface area contributed by atoms with E-state index in [4.69, 9.17) is 21.1 Å². The molecule has 0 fully saturated rings. The number of amides is 1. The Kier molecular flexibility index (Phi) is 8.00. The Hall–Kier alpha value is -3.61. The predicted molar refractivity (Wildman–Crippen MR) is 143 cm³/mol. The van der Waals surface area contributed by atoms with Gasteiger partial charge in [0.2, 0.25) is 5.13 Å². The third-order valence-corrected chi connectivity index (χ3v) is 8.09. The first-order valence-electron chi connectivity index (χ1n) is 10.8. The van der Waals surface area contributed by atoms with Gasteiger partial charge in [0.15, 0.2) is 0 Å². The zero-order valence-corrected chi connectivity index (χ0v) is 22.8. The van der Waals surface area contributed by atoms with Crippen molar-refractivity contribution in [3.8, 4) is 22.1 Å². The average Bonchev–Trinajstić information content (AvgIpc) is 3.34. The maximum absolute atomic E-state index is 13.2. The molecule has 1 atom stereocenters. The second-order valence-corrected chi connectivity index (χ2v) is 11.6. The molecule has 0 unspecified atom stereocenters. The van der Waals surface area contributed by atoms with E-state index in [1.165, 1.54) is 19.4 Å². The molecule has 13 heteroatoms. The standard InChI is InChI=1S/C24H23ClN6O4S2/c1-14-9-18(19-10-15(25)5-8-21(19)34-3)20(12-27-14)22(32)29-23-30-31-24(36-23)35-13-16-6-7-17(11-28-16)37(4,33)26-2/h5-12H,13H2,1-4H3,(H,29,30,32)/t37-/m0/s1. The number of carbonyl (C=O) groups is 1. The lowest BCUT2D eigenvalue weighted by Gasteiger charge is -2.13. The molecule has 0 saturated carbocycles. The SMILES string of the molecule is CN=[S@@](C)(=O)c1ccc(COc2nnc(NC(=O)c3cnc(C)cc3-c3cc(Cl)ccc3OC)s2)nc1. The highest BCUT2D eigenvalue weighted by Gasteiger charge is 2.19. The molecule has 0 spiro atoms. The van der Waals surface area contributed by atoms with Crippen molar-refractivity contribution in [2.75, 3.05) is 25.7 Å². The Labute approximate surface area is 223 Å². The number of rotatable bonds is 8. The van der Waals surface area contributed by atoms with Gasteiger partial charge in [0.1, 0.15) is 12.4 Å². The lowest BCUT2D eigenvalue weighted by molar-refractivity contribution is 0.102. The molecule has 0 aliphatic rings. The minimum absolute atomic E-state index is 0.123. The van der Waals surface area contributed by atoms with Crippen LogP contribution in [0.3, 0.4) is 0 Å². The van der Waals surface area contributed by atoms with Gasteiger partial charge in [-0.15, -0.1) is 5.10 Å². The normalized spacial score (nSPS) is 12.5. The zero-order chi connectivity index (χ0) is 26.6. The summed E-state index contributed by atoms with van der Waals surface area (Å²) in [5.74, 6) is 0.150. The number of nitrogens with zero attached hydrogens (tertiary/aromatic N) is 5. The Morgan fingerprint density at radius 1 is 1.14 bits per heavy atom. The van der Waals surface area contributed by atoms with Crippen LogP contribution < -0.4 is 14.8 Å². The molecule has 192 valence electrons. The van der Waals surface area contributed by atoms with Gasteiger partial charge in [-0.05, 0) is 54.7 Å². The summed E-state index contributed by atoms with van der Waals surface area (Å²) in [6, 6.07) is 10.4. The predicted octanol–water partition coefficient (Wildman–Crippen LogP) is 4.88. The first-order chi connectivity index (χ1) is 17.7. The van der Waals surface area contributed by atoms with Gasteiger partial charge in [-0.3, -0.25) is 20.1 Å². The number of ether oxygens (including phenoxy) is 2. The van der Waals surface area contributed by atoms with Gasteiger partial charge in [-0.2, -0.15) is 0 Å². The van der Waals surface area contributed by atoms with Crippen molar-refractivity contribution in [2.24, 2.45) is 4.36 Å². The lowest BCUT2D eigenvalue weighted by atomic mass is 9.99. The van der Waals surface area contributed by atoms with Gasteiger partial charge in [-0.25, -0.2) is 8.57 Å². The van der Waals surface area contributed by atoms with E-state index in [0.717, 1.165) is 17.0 Å². The van der Waals surface area contributed by atoms with Crippen molar-refractivity contribution in [3.05, 3.63) is 70.8 Å². The van der Waals surface area contributed by atoms with Crippen LogP contribution in [0, 0.1) is 6.92 Å². The second kappa shape index (κ2) is 11.2. The lowest BCUT2D eigenvalue weighted by Crippen LogP contribution is -2.14. The van der Waals surface area contributed by atoms with Gasteiger partial charge >= 0.3 is 0 Å². The molecule has 10 nitrogen and oxygen atoms in total. The van der Waals surface area contributed by atoms with Crippen molar-refractivity contribution in [1.29, 1.82) is 0 Å². The highest BCUT2D eigenvalue weighted by molar-refractivity contribution is 7.93. The van der Waals surface area contributed by atoms with Crippen molar-refractivity contribution >= 4 is 43.7 Å². The van der Waals surface area contributed by atoms with E-state index in [-0.39, 0.29) is 16.9 Å². The van der Waals surface area contributed by atoms with E-state index in [1.54, 1.807) is 49.8 Å². The van der Waals surface area contributed by atoms with Crippen molar-refractivity contribution < 1.29 is 18.5 Å². The van der Waals surface area contributed by atoms with Gasteiger partial charge < -0.3 is 9.47 Å². The van der Waals surface area contributed by atoms with Crippen LogP contribution in [0.25, 0.3) is 11.1 Å². The minimum Gasteiger partial charge on any atom is -0.496 e. The van der Waals surface area contributed by atoms with Crippen LogP contribution in [0.4, 0.5) is 5.13 Å². The van der Waals surface area contributed by atoms with Gasteiger partial charge in [0.05, 0.1) is 33.0 Å². The van der Waals surface area contributed by atoms with Gasteiger partial charge in [-0.1, -0.05) is 16.7 Å². The molecular formula is C24H23ClN6O4S2. The van der Waals surface area contributed by atoms with Crippen LogP contribution in [0.1, 0.15) is 21.7 Å². The molecule has 4 rings (SSSR count). The number of halogens is 1. The first kappa shape index (κ1) is 26.5. The molecule has 3 aromatic heterocycles. The van der Waals surface area contributed by atoms with Crippen LogP contribution in [-0.4, -0.2) is 50.7 Å². The molecule has 0 aliphatic carbocycles. The molecule has 1 aromatic carbocycles. The van der Waals surface area contributed by atoms with Gasteiger partial charge in [0, 0.05) is 47.5 Å². The summed E-state index contributed by atoms with van der Waals surface area (Å²) >= 11 is 7.28. The third kappa shape index (κ3) is 6.21. The minimum atomic E-state index is -2.45. The summed E-state index contributed by atoms with van der Waals surface area (Å²) in [6.45, 7) is 1.95. The second-order valence-electron chi connectivity index (χ2n) is 7.80. The Bertz CT molecular complexity index is 1570.